The second-order valence-corrected chi connectivity index (χ2v) is 7.10. The van der Waals surface area contributed by atoms with Crippen molar-refractivity contribution in [2.24, 2.45) is 0 Å². The number of anilines is 1. The van der Waals surface area contributed by atoms with Gasteiger partial charge in [0.2, 0.25) is 5.95 Å². The van der Waals surface area contributed by atoms with E-state index < -0.39 is 0 Å². The molecule has 0 saturated carbocycles. The molecule has 31 heavy (non-hydrogen) atoms. The molecular formula is C23H24N4O4. The van der Waals surface area contributed by atoms with E-state index in [4.69, 9.17) is 19.9 Å². The van der Waals surface area contributed by atoms with Gasteiger partial charge in [-0.15, -0.1) is 0 Å². The van der Waals surface area contributed by atoms with Crippen LogP contribution in [0.3, 0.4) is 0 Å². The molecular weight excluding hydrogens is 396 g/mol. The number of rotatable bonds is 8. The van der Waals surface area contributed by atoms with Crippen LogP contribution in [0, 0.1) is 0 Å². The second-order valence-electron chi connectivity index (χ2n) is 7.10. The van der Waals surface area contributed by atoms with Gasteiger partial charge in [0.25, 0.3) is 5.56 Å². The number of nitrogens with two attached hydrogens (primary N) is 1. The quantitative estimate of drug-likeness (QED) is 0.377. The number of benzene rings is 2. The first-order valence-corrected chi connectivity index (χ1v) is 9.83. The number of nitrogens with zero attached hydrogens (tertiary/aromatic N) is 1. The van der Waals surface area contributed by atoms with E-state index in [1.807, 2.05) is 42.5 Å². The van der Waals surface area contributed by atoms with Gasteiger partial charge in [0, 0.05) is 19.4 Å². The topological polar surface area (TPSA) is 115 Å². The van der Waals surface area contributed by atoms with Gasteiger partial charge in [-0.2, -0.15) is 4.98 Å². The Morgan fingerprint density at radius 1 is 1.00 bits per heavy atom. The Bertz CT molecular complexity index is 1240. The van der Waals surface area contributed by atoms with Crippen LogP contribution in [0.2, 0.25) is 0 Å². The number of aromatic amines is 2. The summed E-state index contributed by atoms with van der Waals surface area (Å²) in [6.07, 6.45) is 2.39. The van der Waals surface area contributed by atoms with Crippen molar-refractivity contribution >= 4 is 17.0 Å². The largest absolute Gasteiger partial charge is 0.497 e. The molecule has 4 aromatic rings. The fourth-order valence-electron chi connectivity index (χ4n) is 3.48. The zero-order valence-electron chi connectivity index (χ0n) is 17.4. The van der Waals surface area contributed by atoms with Crippen molar-refractivity contribution in [1.29, 1.82) is 0 Å². The number of hydrogen-bond acceptors (Lipinski definition) is 6. The van der Waals surface area contributed by atoms with Crippen molar-refractivity contribution in [3.8, 4) is 22.6 Å². The predicted octanol–water partition coefficient (Wildman–Crippen LogP) is 3.13. The fraction of sp³-hybridized carbons (Fsp3) is 0.217. The first-order valence-electron chi connectivity index (χ1n) is 9.83. The predicted molar refractivity (Wildman–Crippen MR) is 120 cm³/mol. The molecule has 8 heteroatoms. The molecule has 2 heterocycles. The normalized spacial score (nSPS) is 11.0. The van der Waals surface area contributed by atoms with Gasteiger partial charge in [-0.3, -0.25) is 9.78 Å². The van der Waals surface area contributed by atoms with Crippen molar-refractivity contribution in [1.82, 2.24) is 15.0 Å². The maximum Gasteiger partial charge on any atom is 0.262 e. The standard InChI is InChI=1S/C23H24N4O4/c1-29-7-8-31-19-11-16(10-18(12-19)30-2)15-5-3-14(4-6-15)9-17-13-25-21-20(17)22(28)27-23(24)26-21/h3-6,10-13H,7-9H2,1-2H3,(H4,24,25,26,27,28). The molecule has 0 spiro atoms. The van der Waals surface area contributed by atoms with Crippen molar-refractivity contribution in [3.05, 3.63) is 70.1 Å². The molecule has 0 saturated heterocycles. The summed E-state index contributed by atoms with van der Waals surface area (Å²) in [6.45, 7) is 0.979. The summed E-state index contributed by atoms with van der Waals surface area (Å²) < 4.78 is 16.2. The Hall–Kier alpha value is -3.78. The first-order chi connectivity index (χ1) is 15.1. The lowest BCUT2D eigenvalue weighted by Gasteiger charge is -2.11. The van der Waals surface area contributed by atoms with Crippen LogP contribution in [0.4, 0.5) is 5.95 Å². The molecule has 0 fully saturated rings. The Kier molecular flexibility index (Phi) is 5.90. The summed E-state index contributed by atoms with van der Waals surface area (Å²) in [5.74, 6) is 1.54. The van der Waals surface area contributed by atoms with Crippen molar-refractivity contribution in [3.63, 3.8) is 0 Å². The number of fused-ring (bicyclic) bond motifs is 1. The molecule has 2 aromatic heterocycles. The summed E-state index contributed by atoms with van der Waals surface area (Å²) in [4.78, 5) is 22.0. The number of ether oxygens (including phenoxy) is 3. The van der Waals surface area contributed by atoms with Crippen molar-refractivity contribution in [2.45, 2.75) is 6.42 Å². The smallest absolute Gasteiger partial charge is 0.262 e. The monoisotopic (exact) mass is 420 g/mol. The van der Waals surface area contributed by atoms with Gasteiger partial charge in [-0.25, -0.2) is 0 Å². The minimum absolute atomic E-state index is 0.0964. The third kappa shape index (κ3) is 4.54. The highest BCUT2D eigenvalue weighted by atomic mass is 16.5. The Morgan fingerprint density at radius 3 is 2.52 bits per heavy atom. The number of H-pyrrole nitrogens is 2. The van der Waals surface area contributed by atoms with E-state index in [1.54, 1.807) is 20.4 Å². The minimum atomic E-state index is -0.243. The van der Waals surface area contributed by atoms with Gasteiger partial charge in [-0.1, -0.05) is 24.3 Å². The van der Waals surface area contributed by atoms with Crippen LogP contribution >= 0.6 is 0 Å². The zero-order valence-corrected chi connectivity index (χ0v) is 17.4. The molecule has 0 amide bonds. The lowest BCUT2D eigenvalue weighted by atomic mass is 10.00. The lowest BCUT2D eigenvalue weighted by molar-refractivity contribution is 0.146. The molecule has 0 aliphatic rings. The Morgan fingerprint density at radius 2 is 1.77 bits per heavy atom. The zero-order chi connectivity index (χ0) is 21.8. The summed E-state index contributed by atoms with van der Waals surface area (Å²) in [7, 11) is 3.27. The van der Waals surface area contributed by atoms with E-state index in [9.17, 15) is 4.79 Å². The lowest BCUT2D eigenvalue weighted by Crippen LogP contribution is -2.11. The van der Waals surface area contributed by atoms with E-state index in [1.165, 1.54) is 0 Å². The van der Waals surface area contributed by atoms with E-state index in [2.05, 4.69) is 15.0 Å². The van der Waals surface area contributed by atoms with Gasteiger partial charge in [0.15, 0.2) is 0 Å². The minimum Gasteiger partial charge on any atom is -0.497 e. The van der Waals surface area contributed by atoms with Crippen LogP contribution in [0.15, 0.2) is 53.5 Å². The number of hydrogen-bond donors (Lipinski definition) is 3. The molecule has 0 aliphatic heterocycles. The van der Waals surface area contributed by atoms with E-state index >= 15 is 0 Å². The van der Waals surface area contributed by atoms with E-state index in [-0.39, 0.29) is 11.5 Å². The summed E-state index contributed by atoms with van der Waals surface area (Å²) in [5, 5.41) is 0.531. The molecule has 0 atom stereocenters. The Balaban J connectivity index is 1.57. The van der Waals surface area contributed by atoms with Crippen LogP contribution in [-0.2, 0) is 11.2 Å². The maximum atomic E-state index is 12.3. The van der Waals surface area contributed by atoms with Crippen LogP contribution in [0.25, 0.3) is 22.2 Å². The van der Waals surface area contributed by atoms with Crippen LogP contribution < -0.4 is 20.8 Å². The third-order valence-corrected chi connectivity index (χ3v) is 5.00. The molecule has 4 rings (SSSR count). The Labute approximate surface area is 179 Å². The van der Waals surface area contributed by atoms with Crippen molar-refractivity contribution in [2.75, 3.05) is 33.2 Å². The summed E-state index contributed by atoms with van der Waals surface area (Å²) in [6, 6.07) is 13.9. The second kappa shape index (κ2) is 8.93. The SMILES string of the molecule is COCCOc1cc(OC)cc(-c2ccc(Cc3c[nH]c4nc(N)[nH]c(=O)c34)cc2)c1. The van der Waals surface area contributed by atoms with Gasteiger partial charge >= 0.3 is 0 Å². The molecule has 160 valence electrons. The van der Waals surface area contributed by atoms with Crippen LogP contribution in [-0.4, -0.2) is 42.4 Å². The molecule has 2 aromatic carbocycles. The fourth-order valence-corrected chi connectivity index (χ4v) is 3.48. The number of methoxy groups -OCH3 is 2. The highest BCUT2D eigenvalue weighted by molar-refractivity contribution is 5.80. The van der Waals surface area contributed by atoms with Gasteiger partial charge in [0.1, 0.15) is 23.8 Å². The first kappa shape index (κ1) is 20.5. The van der Waals surface area contributed by atoms with Gasteiger partial charge < -0.3 is 24.9 Å². The third-order valence-electron chi connectivity index (χ3n) is 5.00. The van der Waals surface area contributed by atoms with Gasteiger partial charge in [-0.05, 0) is 40.8 Å². The van der Waals surface area contributed by atoms with Crippen molar-refractivity contribution < 1.29 is 14.2 Å². The van der Waals surface area contributed by atoms with Crippen LogP contribution in [0.5, 0.6) is 11.5 Å². The number of aromatic nitrogens is 3. The highest BCUT2D eigenvalue weighted by Crippen LogP contribution is 2.30. The van der Waals surface area contributed by atoms with Gasteiger partial charge in [0.05, 0.1) is 19.1 Å². The number of nitrogens with one attached hydrogen (secondary N) is 2. The molecule has 0 radical (unpaired) electrons. The molecule has 0 aliphatic carbocycles. The number of nitrogen functional groups attached to an aromatic ring is 1. The average Bonchev–Trinajstić information content (AvgIpc) is 3.17. The van der Waals surface area contributed by atoms with E-state index in [0.717, 1.165) is 33.8 Å². The highest BCUT2D eigenvalue weighted by Gasteiger charge is 2.11. The van der Waals surface area contributed by atoms with E-state index in [0.29, 0.717) is 30.7 Å². The van der Waals surface area contributed by atoms with Crippen LogP contribution in [0.1, 0.15) is 11.1 Å². The molecule has 0 bridgehead atoms. The molecule has 4 N–H and O–H groups in total. The molecule has 8 nitrogen and oxygen atoms in total. The molecule has 0 unspecified atom stereocenters. The maximum absolute atomic E-state index is 12.3. The summed E-state index contributed by atoms with van der Waals surface area (Å²) in [5.41, 5.74) is 9.82. The summed E-state index contributed by atoms with van der Waals surface area (Å²) >= 11 is 0. The average molecular weight is 420 g/mol.